The van der Waals surface area contributed by atoms with Crippen LogP contribution in [0.1, 0.15) is 21.5 Å². The van der Waals surface area contributed by atoms with E-state index in [0.29, 0.717) is 11.3 Å². The third-order valence-electron chi connectivity index (χ3n) is 3.06. The zero-order valence-corrected chi connectivity index (χ0v) is 14.2. The van der Waals surface area contributed by atoms with Gasteiger partial charge in [-0.2, -0.15) is 18.3 Å². The molecule has 0 aliphatic rings. The minimum Gasteiger partial charge on any atom is -0.494 e. The van der Waals surface area contributed by atoms with Gasteiger partial charge >= 0.3 is 6.18 Å². The number of methoxy groups -OCH3 is 1. The number of carbonyl (C=O) groups excluding carboxylic acids is 1. The first kappa shape index (κ1) is 19.1. The van der Waals surface area contributed by atoms with Crippen LogP contribution in [0, 0.1) is 0 Å². The lowest BCUT2D eigenvalue weighted by Crippen LogP contribution is -2.18. The van der Waals surface area contributed by atoms with Gasteiger partial charge in [-0.15, -0.1) is 0 Å². The number of hydrazone groups is 1. The van der Waals surface area contributed by atoms with Crippen LogP contribution in [0.3, 0.4) is 0 Å². The number of ether oxygens (including phenoxy) is 1. The topological polar surface area (TPSA) is 50.7 Å². The summed E-state index contributed by atoms with van der Waals surface area (Å²) < 4.78 is 42.9. The fourth-order valence-electron chi connectivity index (χ4n) is 1.92. The first-order valence-corrected chi connectivity index (χ1v) is 7.51. The van der Waals surface area contributed by atoms with E-state index in [9.17, 15) is 18.0 Å². The molecule has 0 aromatic heterocycles. The zero-order valence-electron chi connectivity index (χ0n) is 12.7. The van der Waals surface area contributed by atoms with E-state index in [-0.39, 0.29) is 15.6 Å². The number of benzene rings is 2. The van der Waals surface area contributed by atoms with Crippen molar-refractivity contribution in [2.24, 2.45) is 5.10 Å². The van der Waals surface area contributed by atoms with Crippen LogP contribution in [0.15, 0.2) is 41.5 Å². The van der Waals surface area contributed by atoms with Gasteiger partial charge in [0.25, 0.3) is 5.91 Å². The summed E-state index contributed by atoms with van der Waals surface area (Å²) >= 11 is 11.9. The number of halogens is 5. The Morgan fingerprint density at radius 2 is 1.84 bits per heavy atom. The highest BCUT2D eigenvalue weighted by atomic mass is 35.5. The van der Waals surface area contributed by atoms with Gasteiger partial charge in [-0.1, -0.05) is 29.3 Å². The molecule has 0 heterocycles. The van der Waals surface area contributed by atoms with Crippen molar-refractivity contribution < 1.29 is 22.7 Å². The summed E-state index contributed by atoms with van der Waals surface area (Å²) in [7, 11) is 1.41. The molecule has 1 N–H and O–H groups in total. The Balaban J connectivity index is 2.11. The van der Waals surface area contributed by atoms with Gasteiger partial charge in [0.15, 0.2) is 5.75 Å². The van der Waals surface area contributed by atoms with Gasteiger partial charge in [0.05, 0.1) is 28.9 Å². The Morgan fingerprint density at radius 3 is 2.40 bits per heavy atom. The summed E-state index contributed by atoms with van der Waals surface area (Å²) in [6.07, 6.45) is -3.28. The van der Waals surface area contributed by atoms with Crippen molar-refractivity contribution in [3.63, 3.8) is 0 Å². The predicted molar refractivity (Wildman–Crippen MR) is 89.5 cm³/mol. The number of hydrogen-bond acceptors (Lipinski definition) is 3. The summed E-state index contributed by atoms with van der Waals surface area (Å²) in [6.45, 7) is 0. The molecule has 2 aromatic rings. The van der Waals surface area contributed by atoms with E-state index >= 15 is 0 Å². The van der Waals surface area contributed by atoms with Gasteiger partial charge < -0.3 is 4.74 Å². The van der Waals surface area contributed by atoms with Crippen LogP contribution in [0.2, 0.25) is 10.0 Å². The standard InChI is InChI=1S/C16H11Cl2F3N2O2/c1-25-14-12(17)5-9(6-13(14)18)8-22-23-15(24)10-3-2-4-11(7-10)16(19,20)21/h2-8H,1H3,(H,23,24)/b22-8-. The number of hydrogen-bond donors (Lipinski definition) is 1. The average molecular weight is 391 g/mol. The maximum Gasteiger partial charge on any atom is 0.416 e. The van der Waals surface area contributed by atoms with Crippen LogP contribution >= 0.6 is 23.2 Å². The fourth-order valence-corrected chi connectivity index (χ4v) is 2.57. The molecular formula is C16H11Cl2F3N2O2. The molecule has 0 radical (unpaired) electrons. The number of nitrogens with one attached hydrogen (secondary N) is 1. The third kappa shape index (κ3) is 4.87. The number of rotatable bonds is 4. The van der Waals surface area contributed by atoms with Crippen LogP contribution in [-0.2, 0) is 6.18 Å². The van der Waals surface area contributed by atoms with Crippen molar-refractivity contribution in [3.05, 3.63) is 63.1 Å². The van der Waals surface area contributed by atoms with Gasteiger partial charge in [0.2, 0.25) is 0 Å². The summed E-state index contributed by atoms with van der Waals surface area (Å²) in [5.41, 5.74) is 1.52. The third-order valence-corrected chi connectivity index (χ3v) is 3.62. The van der Waals surface area contributed by atoms with Crippen molar-refractivity contribution >= 4 is 35.3 Å². The molecule has 1 amide bonds. The van der Waals surface area contributed by atoms with Crippen molar-refractivity contribution in [1.29, 1.82) is 0 Å². The molecule has 0 atom stereocenters. The molecular weight excluding hydrogens is 380 g/mol. The smallest absolute Gasteiger partial charge is 0.416 e. The molecule has 4 nitrogen and oxygen atoms in total. The zero-order chi connectivity index (χ0) is 18.6. The van der Waals surface area contributed by atoms with Crippen molar-refractivity contribution in [2.45, 2.75) is 6.18 Å². The largest absolute Gasteiger partial charge is 0.494 e. The molecule has 0 saturated carbocycles. The van der Waals surface area contributed by atoms with E-state index in [0.717, 1.165) is 18.2 Å². The van der Waals surface area contributed by atoms with E-state index in [1.165, 1.54) is 31.5 Å². The maximum atomic E-state index is 12.6. The molecule has 0 bridgehead atoms. The quantitative estimate of drug-likeness (QED) is 0.602. The Labute approximate surface area is 151 Å². The summed E-state index contributed by atoms with van der Waals surface area (Å²) in [5, 5.41) is 4.18. The lowest BCUT2D eigenvalue weighted by molar-refractivity contribution is -0.137. The second-order valence-corrected chi connectivity index (χ2v) is 5.61. The number of alkyl halides is 3. The second-order valence-electron chi connectivity index (χ2n) is 4.80. The highest BCUT2D eigenvalue weighted by Crippen LogP contribution is 2.33. The SMILES string of the molecule is COc1c(Cl)cc(/C=N\NC(=O)c2cccc(C(F)(F)F)c2)cc1Cl. The minimum absolute atomic E-state index is 0.169. The van der Waals surface area contributed by atoms with Crippen LogP contribution in [0.4, 0.5) is 13.2 Å². The maximum absolute atomic E-state index is 12.6. The van der Waals surface area contributed by atoms with Gasteiger partial charge in [-0.3, -0.25) is 4.79 Å². The monoisotopic (exact) mass is 390 g/mol. The van der Waals surface area contributed by atoms with Crippen molar-refractivity contribution in [2.75, 3.05) is 7.11 Å². The molecule has 0 fully saturated rings. The van der Waals surface area contributed by atoms with Crippen molar-refractivity contribution in [3.8, 4) is 5.75 Å². The average Bonchev–Trinajstić information content (AvgIpc) is 2.54. The lowest BCUT2D eigenvalue weighted by Gasteiger charge is -2.08. The minimum atomic E-state index is -4.53. The summed E-state index contributed by atoms with van der Waals surface area (Å²) in [4.78, 5) is 11.9. The van der Waals surface area contributed by atoms with E-state index in [1.54, 1.807) is 0 Å². The molecule has 0 unspecified atom stereocenters. The van der Waals surface area contributed by atoms with Crippen LogP contribution in [-0.4, -0.2) is 19.2 Å². The first-order valence-electron chi connectivity index (χ1n) is 6.76. The fraction of sp³-hybridized carbons (Fsp3) is 0.125. The van der Waals surface area contributed by atoms with E-state index in [1.807, 2.05) is 0 Å². The lowest BCUT2D eigenvalue weighted by atomic mass is 10.1. The molecule has 25 heavy (non-hydrogen) atoms. The number of carbonyl (C=O) groups is 1. The van der Waals surface area contributed by atoms with E-state index in [2.05, 4.69) is 10.5 Å². The van der Waals surface area contributed by atoms with Gasteiger partial charge in [-0.25, -0.2) is 5.43 Å². The Bertz CT molecular complexity index is 800. The molecule has 2 rings (SSSR count). The Morgan fingerprint density at radius 1 is 1.20 bits per heavy atom. The molecule has 132 valence electrons. The van der Waals surface area contributed by atoms with Gasteiger partial charge in [0.1, 0.15) is 0 Å². The van der Waals surface area contributed by atoms with Crippen molar-refractivity contribution in [1.82, 2.24) is 5.43 Å². The Hall–Kier alpha value is -2.25. The van der Waals surface area contributed by atoms with Crippen LogP contribution in [0.5, 0.6) is 5.75 Å². The highest BCUT2D eigenvalue weighted by Gasteiger charge is 2.30. The highest BCUT2D eigenvalue weighted by molar-refractivity contribution is 6.37. The summed E-state index contributed by atoms with van der Waals surface area (Å²) in [5.74, 6) is -0.485. The first-order chi connectivity index (χ1) is 11.7. The van der Waals surface area contributed by atoms with E-state index < -0.39 is 17.6 Å². The second kappa shape index (κ2) is 7.76. The molecule has 0 spiro atoms. The Kier molecular flexibility index (Phi) is 5.92. The molecule has 2 aromatic carbocycles. The van der Waals surface area contributed by atoms with E-state index in [4.69, 9.17) is 27.9 Å². The number of nitrogens with zero attached hydrogens (tertiary/aromatic N) is 1. The molecule has 9 heteroatoms. The molecule has 0 aliphatic heterocycles. The summed E-state index contributed by atoms with van der Waals surface area (Å²) in [6, 6.07) is 7.03. The van der Waals surface area contributed by atoms with Crippen LogP contribution < -0.4 is 10.2 Å². The van der Waals surface area contributed by atoms with Gasteiger partial charge in [-0.05, 0) is 35.9 Å². The normalized spacial score (nSPS) is 11.6. The molecule has 0 saturated heterocycles. The predicted octanol–water partition coefficient (Wildman–Crippen LogP) is 4.78. The number of amides is 1. The molecule has 0 aliphatic carbocycles. The van der Waals surface area contributed by atoms with Gasteiger partial charge in [0, 0.05) is 5.56 Å². The van der Waals surface area contributed by atoms with Crippen LogP contribution in [0.25, 0.3) is 0 Å².